The van der Waals surface area contributed by atoms with Gasteiger partial charge in [0, 0.05) is 25.2 Å². The Balaban J connectivity index is 1.43. The molecule has 0 radical (unpaired) electrons. The van der Waals surface area contributed by atoms with Crippen LogP contribution in [-0.2, 0) is 4.79 Å². The number of fused-ring (bicyclic) bond motifs is 1. The number of amides is 1. The molecule has 4 heteroatoms. The van der Waals surface area contributed by atoms with Crippen LogP contribution in [0.15, 0.2) is 24.3 Å². The van der Waals surface area contributed by atoms with E-state index in [9.17, 15) is 4.79 Å². The number of piperidine rings is 1. The number of nitrogens with one attached hydrogen (secondary N) is 1. The normalized spacial score (nSPS) is 24.9. The molecular formula is C15H20N2O2. The largest absolute Gasteiger partial charge is 0.492 e. The van der Waals surface area contributed by atoms with Crippen molar-refractivity contribution in [3.05, 3.63) is 24.3 Å². The highest BCUT2D eigenvalue weighted by Gasteiger charge is 2.46. The van der Waals surface area contributed by atoms with Gasteiger partial charge in [-0.1, -0.05) is 0 Å². The van der Waals surface area contributed by atoms with Crippen LogP contribution in [0.25, 0.3) is 0 Å². The third-order valence-corrected chi connectivity index (χ3v) is 3.96. The maximum atomic E-state index is 10.9. The van der Waals surface area contributed by atoms with Crippen LogP contribution in [0, 0.1) is 5.92 Å². The van der Waals surface area contributed by atoms with Crippen molar-refractivity contribution in [3.63, 3.8) is 0 Å². The van der Waals surface area contributed by atoms with Gasteiger partial charge >= 0.3 is 0 Å². The van der Waals surface area contributed by atoms with E-state index in [-0.39, 0.29) is 5.91 Å². The first kappa shape index (κ1) is 12.5. The van der Waals surface area contributed by atoms with E-state index in [1.54, 1.807) is 0 Å². The Morgan fingerprint density at radius 2 is 2.21 bits per heavy atom. The van der Waals surface area contributed by atoms with Crippen molar-refractivity contribution < 1.29 is 9.53 Å². The molecule has 1 aliphatic heterocycles. The quantitative estimate of drug-likeness (QED) is 0.881. The Morgan fingerprint density at radius 3 is 2.79 bits per heavy atom. The fraction of sp³-hybridized carbons (Fsp3) is 0.533. The van der Waals surface area contributed by atoms with Crippen molar-refractivity contribution in [1.82, 2.24) is 4.90 Å². The van der Waals surface area contributed by atoms with Gasteiger partial charge in [-0.15, -0.1) is 0 Å². The monoisotopic (exact) mass is 260 g/mol. The zero-order valence-corrected chi connectivity index (χ0v) is 11.3. The predicted molar refractivity (Wildman–Crippen MR) is 74.3 cm³/mol. The van der Waals surface area contributed by atoms with Gasteiger partial charge in [-0.2, -0.15) is 0 Å². The second-order valence-corrected chi connectivity index (χ2v) is 5.44. The van der Waals surface area contributed by atoms with Crippen LogP contribution in [0.5, 0.6) is 5.75 Å². The molecule has 1 N–H and O–H groups in total. The first-order chi connectivity index (χ1) is 9.22. The van der Waals surface area contributed by atoms with Crippen LogP contribution in [0.2, 0.25) is 0 Å². The third kappa shape index (κ3) is 3.07. The van der Waals surface area contributed by atoms with Crippen LogP contribution >= 0.6 is 0 Å². The van der Waals surface area contributed by atoms with Gasteiger partial charge in [0.2, 0.25) is 5.91 Å². The number of hydrogen-bond donors (Lipinski definition) is 1. The lowest BCUT2D eigenvalue weighted by atomic mass is 10.3. The van der Waals surface area contributed by atoms with Crippen molar-refractivity contribution >= 4 is 11.6 Å². The average Bonchev–Trinajstić information content (AvgIpc) is 3.06. The topological polar surface area (TPSA) is 41.6 Å². The first-order valence-corrected chi connectivity index (χ1v) is 6.97. The molecule has 0 unspecified atom stereocenters. The van der Waals surface area contributed by atoms with E-state index in [4.69, 9.17) is 4.74 Å². The molecule has 1 aromatic carbocycles. The van der Waals surface area contributed by atoms with E-state index in [0.29, 0.717) is 0 Å². The molecule has 102 valence electrons. The van der Waals surface area contributed by atoms with E-state index in [2.05, 4.69) is 10.2 Å². The van der Waals surface area contributed by atoms with Gasteiger partial charge < -0.3 is 10.1 Å². The maximum Gasteiger partial charge on any atom is 0.221 e. The molecule has 2 atom stereocenters. The summed E-state index contributed by atoms with van der Waals surface area (Å²) in [6.45, 7) is 4.50. The lowest BCUT2D eigenvalue weighted by Gasteiger charge is -2.17. The van der Waals surface area contributed by atoms with E-state index in [1.165, 1.54) is 26.3 Å². The minimum Gasteiger partial charge on any atom is -0.492 e. The first-order valence-electron chi connectivity index (χ1n) is 6.97. The summed E-state index contributed by atoms with van der Waals surface area (Å²) in [5, 5.41) is 2.74. The summed E-state index contributed by atoms with van der Waals surface area (Å²) in [4.78, 5) is 13.4. The Kier molecular flexibility index (Phi) is 3.42. The summed E-state index contributed by atoms with van der Waals surface area (Å²) < 4.78 is 5.74. The number of carbonyl (C=O) groups excluding carboxylic acids is 1. The standard InChI is InChI=1S/C15H20N2O2/c1-11(18)16-13-2-4-14(5-3-13)19-9-8-17-7-6-12-10-15(12)17/h2-5,12,15H,6-10H2,1H3,(H,16,18)/t12-,15+/m0/s1. The highest BCUT2D eigenvalue weighted by molar-refractivity contribution is 5.88. The number of carbonyl (C=O) groups is 1. The van der Waals surface area contributed by atoms with E-state index >= 15 is 0 Å². The molecule has 19 heavy (non-hydrogen) atoms. The highest BCUT2D eigenvalue weighted by Crippen LogP contribution is 2.43. The molecule has 1 saturated carbocycles. The van der Waals surface area contributed by atoms with Gasteiger partial charge in [-0.05, 0) is 49.6 Å². The molecule has 4 nitrogen and oxygen atoms in total. The lowest BCUT2D eigenvalue weighted by molar-refractivity contribution is -0.114. The fourth-order valence-corrected chi connectivity index (χ4v) is 2.88. The average molecular weight is 260 g/mol. The molecule has 0 bridgehead atoms. The van der Waals surface area contributed by atoms with Gasteiger partial charge in [0.25, 0.3) is 0 Å². The number of likely N-dealkylation sites (tertiary alicyclic amines) is 1. The molecule has 2 aliphatic rings. The summed E-state index contributed by atoms with van der Waals surface area (Å²) in [7, 11) is 0. The van der Waals surface area contributed by atoms with Crippen LogP contribution in [0.3, 0.4) is 0 Å². The Morgan fingerprint density at radius 1 is 1.42 bits per heavy atom. The number of benzene rings is 1. The second-order valence-electron chi connectivity index (χ2n) is 5.44. The van der Waals surface area contributed by atoms with Crippen molar-refractivity contribution in [2.45, 2.75) is 25.8 Å². The molecule has 0 spiro atoms. The van der Waals surface area contributed by atoms with Gasteiger partial charge in [-0.25, -0.2) is 0 Å². The molecule has 1 aliphatic carbocycles. The maximum absolute atomic E-state index is 10.9. The highest BCUT2D eigenvalue weighted by atomic mass is 16.5. The van der Waals surface area contributed by atoms with Gasteiger partial charge in [0.05, 0.1) is 0 Å². The molecule has 1 amide bonds. The molecule has 0 aromatic heterocycles. The van der Waals surface area contributed by atoms with Crippen LogP contribution in [0.4, 0.5) is 5.69 Å². The van der Waals surface area contributed by atoms with Crippen LogP contribution in [-0.4, -0.2) is 36.5 Å². The summed E-state index contributed by atoms with van der Waals surface area (Å²) in [5.74, 6) is 1.79. The lowest BCUT2D eigenvalue weighted by Crippen LogP contribution is -2.28. The summed E-state index contributed by atoms with van der Waals surface area (Å²) in [6, 6.07) is 8.38. The van der Waals surface area contributed by atoms with E-state index in [0.717, 1.165) is 36.5 Å². The second kappa shape index (κ2) is 5.21. The predicted octanol–water partition coefficient (Wildman–Crippen LogP) is 2.12. The zero-order valence-electron chi connectivity index (χ0n) is 11.3. The summed E-state index contributed by atoms with van der Waals surface area (Å²) in [5.41, 5.74) is 0.806. The smallest absolute Gasteiger partial charge is 0.221 e. The number of rotatable bonds is 5. The zero-order chi connectivity index (χ0) is 13.2. The van der Waals surface area contributed by atoms with Crippen molar-refractivity contribution in [2.24, 2.45) is 5.92 Å². The van der Waals surface area contributed by atoms with Crippen LogP contribution < -0.4 is 10.1 Å². The van der Waals surface area contributed by atoms with Crippen molar-refractivity contribution in [2.75, 3.05) is 25.0 Å². The molecule has 3 rings (SSSR count). The molecule has 2 fully saturated rings. The SMILES string of the molecule is CC(=O)Nc1ccc(OCCN2CC[C@H]3C[C@H]32)cc1. The van der Waals surface area contributed by atoms with Gasteiger partial charge in [0.1, 0.15) is 12.4 Å². The summed E-state index contributed by atoms with van der Waals surface area (Å²) in [6.07, 6.45) is 2.77. The van der Waals surface area contributed by atoms with Crippen molar-refractivity contribution in [3.8, 4) is 5.75 Å². The third-order valence-electron chi connectivity index (χ3n) is 3.96. The molecule has 1 aromatic rings. The minimum atomic E-state index is -0.0540. The molecular weight excluding hydrogens is 240 g/mol. The number of ether oxygens (including phenoxy) is 1. The Bertz CT molecular complexity index is 458. The Labute approximate surface area is 113 Å². The minimum absolute atomic E-state index is 0.0540. The van der Waals surface area contributed by atoms with Gasteiger partial charge in [-0.3, -0.25) is 9.69 Å². The van der Waals surface area contributed by atoms with E-state index in [1.807, 2.05) is 24.3 Å². The molecule has 1 heterocycles. The number of anilines is 1. The molecule has 1 saturated heterocycles. The number of hydrogen-bond acceptors (Lipinski definition) is 3. The van der Waals surface area contributed by atoms with Crippen LogP contribution in [0.1, 0.15) is 19.8 Å². The van der Waals surface area contributed by atoms with Gasteiger partial charge in [0.15, 0.2) is 0 Å². The van der Waals surface area contributed by atoms with E-state index < -0.39 is 0 Å². The number of nitrogens with zero attached hydrogens (tertiary/aromatic N) is 1. The summed E-state index contributed by atoms with van der Waals surface area (Å²) >= 11 is 0. The Hall–Kier alpha value is -1.55. The fourth-order valence-electron chi connectivity index (χ4n) is 2.88. The van der Waals surface area contributed by atoms with Crippen molar-refractivity contribution in [1.29, 1.82) is 0 Å².